The summed E-state index contributed by atoms with van der Waals surface area (Å²) in [4.78, 5) is 22.9. The van der Waals surface area contributed by atoms with Gasteiger partial charge in [0.15, 0.2) is 5.82 Å². The Morgan fingerprint density at radius 2 is 1.49 bits per heavy atom. The molecule has 2 aliphatic carbocycles. The fraction of sp³-hybridized carbons (Fsp3) is 0.381. The van der Waals surface area contributed by atoms with Crippen LogP contribution in [0.1, 0.15) is 93.7 Å². The minimum atomic E-state index is -0.967. The van der Waals surface area contributed by atoms with Gasteiger partial charge in [0.25, 0.3) is 11.8 Å². The molecule has 2 amide bonds. The maximum absolute atomic E-state index is 12.0. The molecule has 16 nitrogen and oxygen atoms in total. The van der Waals surface area contributed by atoms with E-state index in [0.717, 1.165) is 76.7 Å². The number of primary amides is 2. The Bertz CT molecular complexity index is 2300. The third-order valence-corrected chi connectivity index (χ3v) is 11.3. The van der Waals surface area contributed by atoms with Crippen LogP contribution in [-0.2, 0) is 4.79 Å². The van der Waals surface area contributed by atoms with Gasteiger partial charge in [-0.15, -0.1) is 0 Å². The number of benzene rings is 2. The molecule has 2 unspecified atom stereocenters. The van der Waals surface area contributed by atoms with Crippen molar-refractivity contribution in [3.05, 3.63) is 87.5 Å². The molecule has 318 valence electrons. The van der Waals surface area contributed by atoms with Gasteiger partial charge in [-0.2, -0.15) is 15.6 Å². The lowest BCUT2D eigenvalue weighted by molar-refractivity contribution is -0.114. The number of hydrogen-bond acceptors (Lipinski definition) is 12. The first kappa shape index (κ1) is 46.1. The molecule has 0 bridgehead atoms. The Balaban J connectivity index is 0.000000192. The van der Waals surface area contributed by atoms with Gasteiger partial charge in [0.05, 0.1) is 35.6 Å². The summed E-state index contributed by atoms with van der Waals surface area (Å²) >= 11 is 3.44. The number of halogens is 1. The first-order valence-corrected chi connectivity index (χ1v) is 20.9. The van der Waals surface area contributed by atoms with E-state index < -0.39 is 26.1 Å². The van der Waals surface area contributed by atoms with Gasteiger partial charge in [-0.05, 0) is 110 Å². The Morgan fingerprint density at radius 3 is 2.05 bits per heavy atom. The number of nitrogens with zero attached hydrogens (tertiary/aromatic N) is 4. The first-order valence-electron chi connectivity index (χ1n) is 20.1. The van der Waals surface area contributed by atoms with Crippen LogP contribution in [0, 0.1) is 51.7 Å². The number of fused-ring (bicyclic) bond motifs is 2. The molecular formula is C42H51B2BrN10O6. The van der Waals surface area contributed by atoms with E-state index in [-0.39, 0.29) is 46.8 Å². The Morgan fingerprint density at radius 1 is 0.918 bits per heavy atom. The average molecular weight is 893 g/mol. The molecule has 3 heterocycles. The SMILES string of the molecule is CC(C)C1=CB(O)Oc2ccc(Br)cc21.CC(C)C1=CB(O)Oc2ccc(Nc3nn(C4CCC[C@@H]4C#N)cc3C(N)=O)cc21.N#C[C@H]1CCCC1N/C=C(\C(=N)N)C(N)=O. The van der Waals surface area contributed by atoms with E-state index in [4.69, 9.17) is 37.2 Å². The van der Waals surface area contributed by atoms with E-state index in [1.807, 2.05) is 38.1 Å². The molecule has 3 aromatic rings. The maximum Gasteiger partial charge on any atom is 0.552 e. The average Bonchev–Trinajstić information content (AvgIpc) is 3.98. The molecule has 4 atom stereocenters. The number of amides is 2. The van der Waals surface area contributed by atoms with Crippen molar-refractivity contribution < 1.29 is 28.9 Å². The van der Waals surface area contributed by atoms with Crippen LogP contribution in [0.25, 0.3) is 11.1 Å². The van der Waals surface area contributed by atoms with Crippen LogP contribution >= 0.6 is 15.9 Å². The maximum atomic E-state index is 12.0. The third kappa shape index (κ3) is 11.4. The molecular weight excluding hydrogens is 842 g/mol. The van der Waals surface area contributed by atoms with Crippen LogP contribution in [0.2, 0.25) is 0 Å². The van der Waals surface area contributed by atoms with E-state index in [0.29, 0.717) is 17.5 Å². The van der Waals surface area contributed by atoms with E-state index in [2.05, 4.69) is 57.6 Å². The summed E-state index contributed by atoms with van der Waals surface area (Å²) in [6.07, 6.45) is 8.31. The highest BCUT2D eigenvalue weighted by atomic mass is 79.9. The Kier molecular flexibility index (Phi) is 15.5. The number of nitrogens with one attached hydrogen (secondary N) is 3. The van der Waals surface area contributed by atoms with E-state index in [1.54, 1.807) is 35.0 Å². The fourth-order valence-corrected chi connectivity index (χ4v) is 8.11. The predicted octanol–water partition coefficient (Wildman–Crippen LogP) is 5.52. The molecule has 19 heteroatoms. The lowest BCUT2D eigenvalue weighted by atomic mass is 9.78. The summed E-state index contributed by atoms with van der Waals surface area (Å²) in [6.45, 7) is 8.31. The van der Waals surface area contributed by atoms with Crippen molar-refractivity contribution in [3.63, 3.8) is 0 Å². The number of allylic oxidation sites excluding steroid dienone is 2. The summed E-state index contributed by atoms with van der Waals surface area (Å²) in [5.74, 6) is 3.86. The third-order valence-electron chi connectivity index (χ3n) is 10.9. The molecule has 4 aliphatic rings. The molecule has 7 rings (SSSR count). The van der Waals surface area contributed by atoms with Crippen molar-refractivity contribution in [1.29, 1.82) is 15.9 Å². The summed E-state index contributed by atoms with van der Waals surface area (Å²) in [6, 6.07) is 15.8. The van der Waals surface area contributed by atoms with Gasteiger partial charge in [-0.3, -0.25) is 19.7 Å². The van der Waals surface area contributed by atoms with Crippen LogP contribution in [0.3, 0.4) is 0 Å². The molecule has 11 N–H and O–H groups in total. The molecule has 2 aliphatic heterocycles. The lowest BCUT2D eigenvalue weighted by Crippen LogP contribution is -2.32. The fourth-order valence-electron chi connectivity index (χ4n) is 7.75. The molecule has 2 aromatic carbocycles. The quantitative estimate of drug-likeness (QED) is 0.0541. The first-order chi connectivity index (χ1) is 29.0. The van der Waals surface area contributed by atoms with E-state index in [1.165, 1.54) is 6.20 Å². The topological polar surface area (TPSA) is 284 Å². The van der Waals surface area contributed by atoms with Crippen LogP contribution in [0.4, 0.5) is 11.5 Å². The molecule has 61 heavy (non-hydrogen) atoms. The van der Waals surface area contributed by atoms with Crippen molar-refractivity contribution in [1.82, 2.24) is 15.1 Å². The zero-order chi connectivity index (χ0) is 44.5. The number of rotatable bonds is 10. The smallest absolute Gasteiger partial charge is 0.532 e. The number of anilines is 2. The largest absolute Gasteiger partial charge is 0.552 e. The summed E-state index contributed by atoms with van der Waals surface area (Å²) < 4.78 is 13.5. The number of aromatic nitrogens is 2. The van der Waals surface area contributed by atoms with Gasteiger partial charge in [-0.1, -0.05) is 43.6 Å². The van der Waals surface area contributed by atoms with E-state index in [9.17, 15) is 24.9 Å². The Hall–Kier alpha value is -6.01. The second-order valence-electron chi connectivity index (χ2n) is 15.8. The van der Waals surface area contributed by atoms with Crippen molar-refractivity contribution >= 4 is 70.5 Å². The van der Waals surface area contributed by atoms with Gasteiger partial charge in [-0.25, -0.2) is 0 Å². The second kappa shape index (κ2) is 20.5. The molecule has 0 saturated heterocycles. The number of nitrogens with two attached hydrogens (primary N) is 3. The summed E-state index contributed by atoms with van der Waals surface area (Å²) in [7, 11) is -1.79. The van der Waals surface area contributed by atoms with Crippen molar-refractivity contribution in [3.8, 4) is 23.6 Å². The standard InChI is InChI=1S/C21H24BN5O3.C11H12BBrO2.C10H15N5O/c1-12(2)16-9-22(29)30-19-7-6-14(8-15(16)19)25-21-17(20(24)28)11-27(26-21)18-5-3-4-13(18)10-23;1-7(2)10-6-12(14)15-11-4-3-8(13)5-9(10)11;11-4-6-2-1-3-8(6)15-5-7(9(12)13)10(14)16/h6-9,11-13,18,29H,3-5H2,1-2H3,(H2,24,28)(H,25,26);3-7,14H,1-2H3;5-6,8,15H,1-3H2,(H3,12,13)(H2,14,16)/b;;7-5+/t13-,18?;;6-,8?/m1.1/s1. The van der Waals surface area contributed by atoms with Crippen molar-refractivity contribution in [2.75, 3.05) is 5.32 Å². The number of amidine groups is 1. The highest BCUT2D eigenvalue weighted by Gasteiger charge is 2.32. The van der Waals surface area contributed by atoms with Crippen molar-refractivity contribution in [2.45, 2.75) is 78.3 Å². The van der Waals surface area contributed by atoms with Crippen LogP contribution in [0.5, 0.6) is 11.5 Å². The summed E-state index contributed by atoms with van der Waals surface area (Å²) in [5.41, 5.74) is 20.8. The molecule has 0 spiro atoms. The van der Waals surface area contributed by atoms with Gasteiger partial charge in [0.1, 0.15) is 22.9 Å². The molecule has 1 aromatic heterocycles. The molecule has 2 saturated carbocycles. The zero-order valence-corrected chi connectivity index (χ0v) is 36.1. The van der Waals surface area contributed by atoms with Gasteiger partial charge in [0, 0.05) is 39.7 Å². The minimum absolute atomic E-state index is 0.0127. The van der Waals surface area contributed by atoms with Crippen molar-refractivity contribution in [2.24, 2.45) is 40.9 Å². The summed E-state index contributed by atoms with van der Waals surface area (Å²) in [5, 5.41) is 55.5. The molecule has 0 radical (unpaired) electrons. The number of hydrogen-bond donors (Lipinski definition) is 8. The Labute approximate surface area is 364 Å². The highest BCUT2D eigenvalue weighted by Crippen LogP contribution is 2.39. The van der Waals surface area contributed by atoms with Gasteiger partial charge >= 0.3 is 14.2 Å². The second-order valence-corrected chi connectivity index (χ2v) is 16.7. The van der Waals surface area contributed by atoms with Crippen LogP contribution < -0.4 is 37.1 Å². The normalized spacial score (nSPS) is 20.1. The number of carbonyl (C=O) groups is 2. The van der Waals surface area contributed by atoms with E-state index >= 15 is 0 Å². The van der Waals surface area contributed by atoms with Gasteiger partial charge in [0.2, 0.25) is 0 Å². The minimum Gasteiger partial charge on any atom is -0.532 e. The lowest BCUT2D eigenvalue weighted by Gasteiger charge is -2.23. The predicted molar refractivity (Wildman–Crippen MR) is 239 cm³/mol. The number of carbonyl (C=O) groups excluding carboxylic acids is 2. The van der Waals surface area contributed by atoms with Crippen LogP contribution in [0.15, 0.2) is 70.8 Å². The highest BCUT2D eigenvalue weighted by molar-refractivity contribution is 9.10. The molecule has 2 fully saturated rings. The monoisotopic (exact) mass is 892 g/mol. The number of nitriles is 2. The van der Waals surface area contributed by atoms with Gasteiger partial charge < -0.3 is 47.2 Å². The van der Waals surface area contributed by atoms with Crippen LogP contribution in [-0.4, -0.2) is 57.8 Å². The zero-order valence-electron chi connectivity index (χ0n) is 34.6.